The van der Waals surface area contributed by atoms with E-state index in [4.69, 9.17) is 0 Å². The summed E-state index contributed by atoms with van der Waals surface area (Å²) < 4.78 is 12.8. The Morgan fingerprint density at radius 2 is 2.08 bits per heavy atom. The lowest BCUT2D eigenvalue weighted by Gasteiger charge is -1.99. The summed E-state index contributed by atoms with van der Waals surface area (Å²) >= 11 is 0. The number of rotatable bonds is 3. The Labute approximate surface area is 71.4 Å². The number of nitrogens with one attached hydrogen (secondary N) is 1. The Balaban J connectivity index is 0.00000121. The number of hydrogen-bond acceptors (Lipinski definition) is 1. The van der Waals surface area contributed by atoms with E-state index in [1.807, 2.05) is 0 Å². The maximum atomic E-state index is 12.8. The lowest BCUT2D eigenvalue weighted by atomic mass is 10.2. The van der Waals surface area contributed by atoms with Crippen molar-refractivity contribution in [1.82, 2.24) is 5.32 Å². The minimum Gasteiger partial charge on any atom is -0.354 e. The third kappa shape index (κ3) is 2.70. The molecule has 0 saturated heterocycles. The molecule has 0 saturated carbocycles. The summed E-state index contributed by atoms with van der Waals surface area (Å²) in [4.78, 5) is 9.86. The topological polar surface area (TPSA) is 29.1 Å². The molecule has 0 aliphatic heterocycles. The van der Waals surface area contributed by atoms with Gasteiger partial charge in [0.1, 0.15) is 5.82 Å². The molecule has 1 aromatic rings. The van der Waals surface area contributed by atoms with Gasteiger partial charge in [0.25, 0.3) is 0 Å². The van der Waals surface area contributed by atoms with Crippen molar-refractivity contribution >= 4 is 6.41 Å². The summed E-state index contributed by atoms with van der Waals surface area (Å²) in [5, 5.41) is 2.38. The van der Waals surface area contributed by atoms with Gasteiger partial charge >= 0.3 is 0 Å². The molecule has 1 rings (SSSR count). The second-order valence-corrected chi connectivity index (χ2v) is 2.09. The number of carbonyl (C=O) groups is 1. The monoisotopic (exact) mass is 169 g/mol. The second-order valence-electron chi connectivity index (χ2n) is 2.09. The van der Waals surface area contributed by atoms with Crippen LogP contribution in [0.5, 0.6) is 0 Å². The standard InChI is InChI=1S/C8H8FNO.CH4/c9-8-4-2-1-3-7(8)5-10-6-11;/h1-4,6H,5H2,(H,10,11);1H4. The Bertz CT molecular complexity index is 250. The molecule has 0 aliphatic carbocycles. The molecule has 3 heteroatoms. The second kappa shape index (κ2) is 5.29. The SMILES string of the molecule is C.O=CNCc1ccccc1F. The van der Waals surface area contributed by atoms with E-state index in [0.717, 1.165) is 0 Å². The van der Waals surface area contributed by atoms with Gasteiger partial charge in [-0.25, -0.2) is 4.39 Å². The van der Waals surface area contributed by atoms with Gasteiger partial charge in [-0.3, -0.25) is 4.79 Å². The van der Waals surface area contributed by atoms with Crippen LogP contribution >= 0.6 is 0 Å². The predicted octanol–water partition coefficient (Wildman–Crippen LogP) is 1.71. The number of benzene rings is 1. The zero-order chi connectivity index (χ0) is 8.10. The maximum absolute atomic E-state index is 12.8. The van der Waals surface area contributed by atoms with E-state index in [1.165, 1.54) is 6.07 Å². The minimum atomic E-state index is -0.290. The van der Waals surface area contributed by atoms with Crippen molar-refractivity contribution in [1.29, 1.82) is 0 Å². The Morgan fingerprint density at radius 3 is 2.67 bits per heavy atom. The van der Waals surface area contributed by atoms with Gasteiger partial charge in [-0.05, 0) is 6.07 Å². The number of halogens is 1. The van der Waals surface area contributed by atoms with Crippen LogP contribution in [0.2, 0.25) is 0 Å². The summed E-state index contributed by atoms with van der Waals surface area (Å²) in [6, 6.07) is 6.33. The molecule has 12 heavy (non-hydrogen) atoms. The molecule has 0 fully saturated rings. The number of carbonyl (C=O) groups excluding carboxylic acids is 1. The van der Waals surface area contributed by atoms with Crippen molar-refractivity contribution in [3.63, 3.8) is 0 Å². The first-order chi connectivity index (χ1) is 5.34. The van der Waals surface area contributed by atoms with Crippen molar-refractivity contribution in [3.8, 4) is 0 Å². The van der Waals surface area contributed by atoms with E-state index in [-0.39, 0.29) is 19.8 Å². The molecule has 1 aromatic carbocycles. The van der Waals surface area contributed by atoms with E-state index >= 15 is 0 Å². The molecular weight excluding hydrogens is 157 g/mol. The highest BCUT2D eigenvalue weighted by Crippen LogP contribution is 2.04. The van der Waals surface area contributed by atoms with Gasteiger partial charge in [0.05, 0.1) is 0 Å². The third-order valence-corrected chi connectivity index (χ3v) is 1.33. The molecule has 0 heterocycles. The molecule has 0 radical (unpaired) electrons. The Morgan fingerprint density at radius 1 is 1.42 bits per heavy atom. The lowest BCUT2D eigenvalue weighted by Crippen LogP contribution is -2.10. The van der Waals surface area contributed by atoms with Crippen molar-refractivity contribution in [3.05, 3.63) is 35.6 Å². The van der Waals surface area contributed by atoms with Gasteiger partial charge in [0, 0.05) is 12.1 Å². The quantitative estimate of drug-likeness (QED) is 0.685. The van der Waals surface area contributed by atoms with Crippen LogP contribution in [0.1, 0.15) is 13.0 Å². The molecule has 0 bridgehead atoms. The molecule has 0 unspecified atom stereocenters. The molecule has 0 aliphatic rings. The van der Waals surface area contributed by atoms with Crippen LogP contribution in [0.25, 0.3) is 0 Å². The van der Waals surface area contributed by atoms with Crippen LogP contribution in [0.15, 0.2) is 24.3 Å². The fourth-order valence-corrected chi connectivity index (χ4v) is 0.793. The smallest absolute Gasteiger partial charge is 0.207 e. The van der Waals surface area contributed by atoms with E-state index in [2.05, 4.69) is 5.32 Å². The molecular formula is C9H12FNO. The van der Waals surface area contributed by atoms with Crippen LogP contribution in [0.4, 0.5) is 4.39 Å². The lowest BCUT2D eigenvalue weighted by molar-refractivity contribution is -0.109. The summed E-state index contributed by atoms with van der Waals surface area (Å²) in [5.74, 6) is -0.290. The summed E-state index contributed by atoms with van der Waals surface area (Å²) in [5.41, 5.74) is 0.500. The van der Waals surface area contributed by atoms with Crippen molar-refractivity contribution in [2.45, 2.75) is 14.0 Å². The number of amides is 1. The highest BCUT2D eigenvalue weighted by molar-refractivity contribution is 5.46. The molecule has 1 amide bonds. The summed E-state index contributed by atoms with van der Waals surface area (Å²) in [6.07, 6.45) is 0.548. The Kier molecular flexibility index (Phi) is 4.69. The average molecular weight is 169 g/mol. The maximum Gasteiger partial charge on any atom is 0.207 e. The van der Waals surface area contributed by atoms with E-state index in [0.29, 0.717) is 12.0 Å². The van der Waals surface area contributed by atoms with Crippen LogP contribution < -0.4 is 5.32 Å². The van der Waals surface area contributed by atoms with Gasteiger partial charge in [-0.1, -0.05) is 25.6 Å². The molecule has 0 aromatic heterocycles. The van der Waals surface area contributed by atoms with Crippen LogP contribution in [-0.2, 0) is 11.3 Å². The van der Waals surface area contributed by atoms with Crippen molar-refractivity contribution in [2.24, 2.45) is 0 Å². The highest BCUT2D eigenvalue weighted by atomic mass is 19.1. The van der Waals surface area contributed by atoms with Gasteiger partial charge in [0.15, 0.2) is 0 Å². The Hall–Kier alpha value is -1.38. The molecule has 2 nitrogen and oxygen atoms in total. The normalized spacial score (nSPS) is 8.42. The van der Waals surface area contributed by atoms with E-state index < -0.39 is 0 Å². The highest BCUT2D eigenvalue weighted by Gasteiger charge is 1.97. The largest absolute Gasteiger partial charge is 0.354 e. The van der Waals surface area contributed by atoms with Crippen LogP contribution in [-0.4, -0.2) is 6.41 Å². The number of hydrogen-bond donors (Lipinski definition) is 1. The average Bonchev–Trinajstić information content (AvgIpc) is 2.03. The zero-order valence-corrected chi connectivity index (χ0v) is 5.88. The molecule has 1 N–H and O–H groups in total. The first kappa shape index (κ1) is 10.6. The van der Waals surface area contributed by atoms with Gasteiger partial charge in [-0.15, -0.1) is 0 Å². The van der Waals surface area contributed by atoms with Crippen molar-refractivity contribution in [2.75, 3.05) is 0 Å². The van der Waals surface area contributed by atoms with Gasteiger partial charge in [0.2, 0.25) is 6.41 Å². The van der Waals surface area contributed by atoms with Gasteiger partial charge < -0.3 is 5.32 Å². The third-order valence-electron chi connectivity index (χ3n) is 1.33. The molecule has 66 valence electrons. The fourth-order valence-electron chi connectivity index (χ4n) is 0.793. The summed E-state index contributed by atoms with van der Waals surface area (Å²) in [7, 11) is 0. The first-order valence-electron chi connectivity index (χ1n) is 3.25. The predicted molar refractivity (Wildman–Crippen MR) is 46.0 cm³/mol. The zero-order valence-electron chi connectivity index (χ0n) is 5.88. The fraction of sp³-hybridized carbons (Fsp3) is 0.222. The minimum absolute atomic E-state index is 0. The summed E-state index contributed by atoms with van der Waals surface area (Å²) in [6.45, 7) is 0.246. The van der Waals surface area contributed by atoms with E-state index in [1.54, 1.807) is 18.2 Å². The van der Waals surface area contributed by atoms with E-state index in [9.17, 15) is 9.18 Å². The molecule has 0 spiro atoms. The first-order valence-corrected chi connectivity index (χ1v) is 3.25. The molecule has 0 atom stereocenters. The van der Waals surface area contributed by atoms with Crippen molar-refractivity contribution < 1.29 is 9.18 Å². The van der Waals surface area contributed by atoms with Crippen LogP contribution in [0.3, 0.4) is 0 Å². The van der Waals surface area contributed by atoms with Crippen LogP contribution in [0, 0.1) is 5.82 Å². The van der Waals surface area contributed by atoms with Gasteiger partial charge in [-0.2, -0.15) is 0 Å².